The number of aromatic nitrogens is 2. The van der Waals surface area contributed by atoms with Crippen molar-refractivity contribution >= 4 is 11.7 Å². The maximum absolute atomic E-state index is 12.8. The molecule has 2 aliphatic rings. The maximum atomic E-state index is 12.8. The van der Waals surface area contributed by atoms with Crippen LogP contribution in [0.1, 0.15) is 35.2 Å². The Bertz CT molecular complexity index is 889. The van der Waals surface area contributed by atoms with E-state index in [1.54, 1.807) is 30.3 Å². The van der Waals surface area contributed by atoms with Gasteiger partial charge in [-0.05, 0) is 43.5 Å². The molecule has 142 valence electrons. The van der Waals surface area contributed by atoms with Crippen LogP contribution in [0.2, 0.25) is 0 Å². The van der Waals surface area contributed by atoms with Crippen molar-refractivity contribution in [2.45, 2.75) is 32.3 Å². The summed E-state index contributed by atoms with van der Waals surface area (Å²) in [5, 5.41) is 0. The summed E-state index contributed by atoms with van der Waals surface area (Å²) in [5.41, 5.74) is 0.571. The molecule has 2 aromatic heterocycles. The molecule has 0 saturated carbocycles. The van der Waals surface area contributed by atoms with Gasteiger partial charge >= 0.3 is 0 Å². The van der Waals surface area contributed by atoms with Gasteiger partial charge in [0.15, 0.2) is 11.6 Å². The summed E-state index contributed by atoms with van der Waals surface area (Å²) in [6, 6.07) is 5.56. The molecule has 2 saturated heterocycles. The lowest BCUT2D eigenvalue weighted by molar-refractivity contribution is 0.0770. The lowest BCUT2D eigenvalue weighted by Gasteiger charge is -2.22. The van der Waals surface area contributed by atoms with Crippen LogP contribution < -0.4 is 15.2 Å². The Morgan fingerprint density at radius 1 is 1.26 bits per heavy atom. The summed E-state index contributed by atoms with van der Waals surface area (Å²) < 4.78 is 6.21. The summed E-state index contributed by atoms with van der Waals surface area (Å²) in [4.78, 5) is 35.9. The van der Waals surface area contributed by atoms with E-state index in [1.165, 1.54) is 12.8 Å². The minimum absolute atomic E-state index is 0.0948. The van der Waals surface area contributed by atoms with Crippen LogP contribution in [0.5, 0.6) is 5.75 Å². The van der Waals surface area contributed by atoms with E-state index in [1.807, 2.05) is 12.1 Å². The van der Waals surface area contributed by atoms with E-state index >= 15 is 0 Å². The van der Waals surface area contributed by atoms with Crippen LogP contribution >= 0.6 is 0 Å². The molecule has 1 amide bonds. The number of nitrogens with zero attached hydrogens (tertiary/aromatic N) is 3. The number of ether oxygens (including phenoxy) is 1. The number of H-pyrrole nitrogens is 1. The topological polar surface area (TPSA) is 78.5 Å². The van der Waals surface area contributed by atoms with Crippen LogP contribution in [0, 0.1) is 6.92 Å². The molecular weight excluding hydrogens is 344 g/mol. The highest BCUT2D eigenvalue weighted by Gasteiger charge is 2.31. The van der Waals surface area contributed by atoms with Crippen LogP contribution in [0.15, 0.2) is 35.4 Å². The van der Waals surface area contributed by atoms with Crippen LogP contribution in [0.3, 0.4) is 0 Å². The Labute approximate surface area is 158 Å². The zero-order chi connectivity index (χ0) is 18.8. The van der Waals surface area contributed by atoms with Gasteiger partial charge in [0.05, 0.1) is 6.54 Å². The Hall–Kier alpha value is -2.83. The van der Waals surface area contributed by atoms with Crippen molar-refractivity contribution in [3.8, 4) is 5.75 Å². The lowest BCUT2D eigenvalue weighted by atomic mass is 10.1. The van der Waals surface area contributed by atoms with Crippen LogP contribution in [0.4, 0.5) is 5.82 Å². The molecule has 0 aromatic carbocycles. The molecule has 2 fully saturated rings. The first kappa shape index (κ1) is 17.6. The highest BCUT2D eigenvalue weighted by molar-refractivity contribution is 5.95. The zero-order valence-corrected chi connectivity index (χ0v) is 15.5. The summed E-state index contributed by atoms with van der Waals surface area (Å²) >= 11 is 0. The SMILES string of the molecule is Cc1cc[nH]c(=O)c1C(=O)N1CC[C@@H](Oc2cccnc2N2CCCC2)C1. The lowest BCUT2D eigenvalue weighted by Crippen LogP contribution is -2.35. The van der Waals surface area contributed by atoms with E-state index in [4.69, 9.17) is 4.74 Å². The first-order chi connectivity index (χ1) is 13.1. The second-order valence-corrected chi connectivity index (χ2v) is 7.16. The van der Waals surface area contributed by atoms with Gasteiger partial charge in [-0.3, -0.25) is 9.59 Å². The number of pyridine rings is 2. The molecule has 4 heterocycles. The van der Waals surface area contributed by atoms with E-state index in [0.29, 0.717) is 18.7 Å². The van der Waals surface area contributed by atoms with Crippen molar-refractivity contribution < 1.29 is 9.53 Å². The fraction of sp³-hybridized carbons (Fsp3) is 0.450. The fourth-order valence-electron chi connectivity index (χ4n) is 3.83. The molecule has 7 heteroatoms. The summed E-state index contributed by atoms with van der Waals surface area (Å²) in [6.07, 6.45) is 6.34. The van der Waals surface area contributed by atoms with Gasteiger partial charge < -0.3 is 19.5 Å². The first-order valence-electron chi connectivity index (χ1n) is 9.47. The number of amides is 1. The van der Waals surface area contributed by atoms with Gasteiger partial charge in [-0.2, -0.15) is 0 Å². The molecule has 0 aliphatic carbocycles. The molecule has 1 atom stereocenters. The van der Waals surface area contributed by atoms with Crippen LogP contribution in [0.25, 0.3) is 0 Å². The van der Waals surface area contributed by atoms with Gasteiger partial charge in [0, 0.05) is 38.4 Å². The van der Waals surface area contributed by atoms with Crippen molar-refractivity contribution in [1.29, 1.82) is 0 Å². The average molecular weight is 368 g/mol. The molecule has 0 spiro atoms. The average Bonchev–Trinajstić information content (AvgIpc) is 3.34. The minimum atomic E-state index is -0.340. The van der Waals surface area contributed by atoms with E-state index in [2.05, 4.69) is 14.9 Å². The van der Waals surface area contributed by atoms with E-state index in [-0.39, 0.29) is 23.1 Å². The Kier molecular flexibility index (Phi) is 4.83. The number of aryl methyl sites for hydroxylation is 1. The smallest absolute Gasteiger partial charge is 0.261 e. The number of hydrogen-bond acceptors (Lipinski definition) is 5. The first-order valence-corrected chi connectivity index (χ1v) is 9.47. The van der Waals surface area contributed by atoms with Gasteiger partial charge in [-0.1, -0.05) is 0 Å². The predicted molar refractivity (Wildman–Crippen MR) is 102 cm³/mol. The van der Waals surface area contributed by atoms with Crippen molar-refractivity contribution in [3.05, 3.63) is 52.1 Å². The zero-order valence-electron chi connectivity index (χ0n) is 15.5. The van der Waals surface area contributed by atoms with E-state index in [9.17, 15) is 9.59 Å². The maximum Gasteiger partial charge on any atom is 0.261 e. The third-order valence-electron chi connectivity index (χ3n) is 5.27. The number of likely N-dealkylation sites (tertiary alicyclic amines) is 1. The van der Waals surface area contributed by atoms with Crippen LogP contribution in [-0.4, -0.2) is 53.1 Å². The van der Waals surface area contributed by atoms with E-state index in [0.717, 1.165) is 31.1 Å². The predicted octanol–water partition coefficient (Wildman–Crippen LogP) is 1.97. The van der Waals surface area contributed by atoms with Gasteiger partial charge in [0.2, 0.25) is 0 Å². The van der Waals surface area contributed by atoms with Gasteiger partial charge in [-0.15, -0.1) is 0 Å². The standard InChI is InChI=1S/C20H24N4O3/c1-14-6-9-22-19(25)17(14)20(26)24-12-7-15(13-24)27-16-5-4-8-21-18(16)23-10-2-3-11-23/h4-6,8-9,15H,2-3,7,10-13H2,1H3,(H,22,25)/t15-/m1/s1. The number of nitrogens with one attached hydrogen (secondary N) is 1. The Balaban J connectivity index is 1.46. The quantitative estimate of drug-likeness (QED) is 0.893. The normalized spacial score (nSPS) is 19.5. The molecule has 0 unspecified atom stereocenters. The third kappa shape index (κ3) is 3.54. The largest absolute Gasteiger partial charge is 0.485 e. The van der Waals surface area contributed by atoms with Crippen molar-refractivity contribution in [2.75, 3.05) is 31.1 Å². The molecule has 1 N–H and O–H groups in total. The van der Waals surface area contributed by atoms with Gasteiger partial charge in [0.25, 0.3) is 11.5 Å². The van der Waals surface area contributed by atoms with Gasteiger partial charge in [0.1, 0.15) is 11.7 Å². The number of rotatable bonds is 4. The molecule has 0 radical (unpaired) electrons. The molecular formula is C20H24N4O3. The Morgan fingerprint density at radius 2 is 2.07 bits per heavy atom. The second kappa shape index (κ2) is 7.42. The third-order valence-corrected chi connectivity index (χ3v) is 5.27. The highest BCUT2D eigenvalue weighted by atomic mass is 16.5. The Morgan fingerprint density at radius 3 is 2.85 bits per heavy atom. The number of carbonyl (C=O) groups is 1. The summed E-state index contributed by atoms with van der Waals surface area (Å²) in [7, 11) is 0. The van der Waals surface area contributed by atoms with Crippen molar-refractivity contribution in [1.82, 2.24) is 14.9 Å². The number of aromatic amines is 1. The second-order valence-electron chi connectivity index (χ2n) is 7.16. The summed E-state index contributed by atoms with van der Waals surface area (Å²) in [5.74, 6) is 1.42. The number of hydrogen-bond donors (Lipinski definition) is 1. The number of carbonyl (C=O) groups excluding carboxylic acids is 1. The van der Waals surface area contributed by atoms with Crippen molar-refractivity contribution in [2.24, 2.45) is 0 Å². The van der Waals surface area contributed by atoms with Crippen LogP contribution in [-0.2, 0) is 0 Å². The number of anilines is 1. The molecule has 2 aromatic rings. The molecule has 2 aliphatic heterocycles. The summed E-state index contributed by atoms with van der Waals surface area (Å²) in [6.45, 7) is 4.83. The molecule has 7 nitrogen and oxygen atoms in total. The van der Waals surface area contributed by atoms with Gasteiger partial charge in [-0.25, -0.2) is 4.98 Å². The molecule has 0 bridgehead atoms. The van der Waals surface area contributed by atoms with Crippen molar-refractivity contribution in [3.63, 3.8) is 0 Å². The van der Waals surface area contributed by atoms with E-state index < -0.39 is 0 Å². The fourth-order valence-corrected chi connectivity index (χ4v) is 3.83. The monoisotopic (exact) mass is 368 g/mol. The minimum Gasteiger partial charge on any atom is -0.485 e. The highest BCUT2D eigenvalue weighted by Crippen LogP contribution is 2.30. The molecule has 27 heavy (non-hydrogen) atoms. The molecule has 4 rings (SSSR count).